The normalized spacial score (nSPS) is 10.7. The van der Waals surface area contributed by atoms with Crippen molar-refractivity contribution in [1.29, 1.82) is 0 Å². The lowest BCUT2D eigenvalue weighted by Gasteiger charge is -2.21. The highest BCUT2D eigenvalue weighted by Gasteiger charge is 2.18. The van der Waals surface area contributed by atoms with E-state index in [-0.39, 0.29) is 17.0 Å². The minimum atomic E-state index is -0.701. The van der Waals surface area contributed by atoms with E-state index in [0.29, 0.717) is 5.56 Å². The van der Waals surface area contributed by atoms with Crippen LogP contribution >= 0.6 is 0 Å². The Morgan fingerprint density at radius 2 is 1.96 bits per heavy atom. The third kappa shape index (κ3) is 4.35. The lowest BCUT2D eigenvalue weighted by molar-refractivity contribution is -0.385. The van der Waals surface area contributed by atoms with Crippen LogP contribution < -0.4 is 10.3 Å². The molecule has 1 amide bonds. The van der Waals surface area contributed by atoms with Crippen molar-refractivity contribution in [1.82, 2.24) is 5.43 Å². The number of phenols is 1. The van der Waals surface area contributed by atoms with E-state index >= 15 is 0 Å². The largest absolute Gasteiger partial charge is 0.507 e. The molecule has 26 heavy (non-hydrogen) atoms. The van der Waals surface area contributed by atoms with Gasteiger partial charge in [-0.1, -0.05) is 12.1 Å². The van der Waals surface area contributed by atoms with Crippen LogP contribution in [0.25, 0.3) is 0 Å². The van der Waals surface area contributed by atoms with E-state index in [2.05, 4.69) is 15.4 Å². The molecule has 8 heteroatoms. The molecule has 0 spiro atoms. The first-order valence-corrected chi connectivity index (χ1v) is 8.12. The van der Waals surface area contributed by atoms with Crippen molar-refractivity contribution in [3.05, 3.63) is 63.7 Å². The summed E-state index contributed by atoms with van der Waals surface area (Å²) >= 11 is 0. The summed E-state index contributed by atoms with van der Waals surface area (Å²) < 4.78 is 0. The monoisotopic (exact) mass is 356 g/mol. The van der Waals surface area contributed by atoms with Gasteiger partial charge >= 0.3 is 0 Å². The van der Waals surface area contributed by atoms with Crippen molar-refractivity contribution in [2.45, 2.75) is 13.8 Å². The fourth-order valence-electron chi connectivity index (χ4n) is 2.47. The highest BCUT2D eigenvalue weighted by molar-refractivity contribution is 5.98. The number of aromatic hydroxyl groups is 1. The fraction of sp³-hybridized carbons (Fsp3) is 0.222. The van der Waals surface area contributed by atoms with E-state index in [1.807, 2.05) is 19.9 Å². The lowest BCUT2D eigenvalue weighted by Crippen LogP contribution is -2.21. The molecule has 0 aliphatic carbocycles. The van der Waals surface area contributed by atoms with Crippen LogP contribution in [0.1, 0.15) is 29.8 Å². The molecule has 0 bridgehead atoms. The van der Waals surface area contributed by atoms with E-state index in [4.69, 9.17) is 0 Å². The molecule has 2 rings (SSSR count). The van der Waals surface area contributed by atoms with E-state index in [0.717, 1.165) is 18.8 Å². The van der Waals surface area contributed by atoms with Crippen LogP contribution in [0, 0.1) is 10.1 Å². The summed E-state index contributed by atoms with van der Waals surface area (Å²) in [5, 5.41) is 24.8. The summed E-state index contributed by atoms with van der Waals surface area (Å²) in [5.74, 6) is -0.675. The van der Waals surface area contributed by atoms with Gasteiger partial charge in [0.05, 0.1) is 11.1 Å². The summed E-state index contributed by atoms with van der Waals surface area (Å²) in [7, 11) is 0. The van der Waals surface area contributed by atoms with Crippen molar-refractivity contribution >= 4 is 23.5 Å². The molecule has 0 saturated carbocycles. The van der Waals surface area contributed by atoms with Gasteiger partial charge in [-0.3, -0.25) is 14.9 Å². The van der Waals surface area contributed by atoms with Crippen LogP contribution in [-0.4, -0.2) is 35.2 Å². The molecule has 0 radical (unpaired) electrons. The standard InChI is InChI=1S/C18H20N4O4/c1-3-21(4-2)14-10-9-13(17(23)11-14)12-19-20-18(24)15-7-5-6-8-16(15)22(25)26/h5-12,23H,3-4H2,1-2H3,(H,20,24)/b19-12-. The minimum absolute atomic E-state index is 0.0260. The van der Waals surface area contributed by atoms with E-state index in [9.17, 15) is 20.0 Å². The van der Waals surface area contributed by atoms with Gasteiger partial charge in [-0.05, 0) is 32.0 Å². The second-order valence-corrected chi connectivity index (χ2v) is 5.39. The summed E-state index contributed by atoms with van der Waals surface area (Å²) in [6, 6.07) is 10.8. The van der Waals surface area contributed by atoms with Gasteiger partial charge in [-0.25, -0.2) is 5.43 Å². The number of rotatable bonds is 7. The molecule has 0 heterocycles. The van der Waals surface area contributed by atoms with Crippen molar-refractivity contribution in [2.75, 3.05) is 18.0 Å². The van der Waals surface area contributed by atoms with Gasteiger partial charge in [0, 0.05) is 36.5 Å². The topological polar surface area (TPSA) is 108 Å². The second kappa shape index (κ2) is 8.61. The molecule has 8 nitrogen and oxygen atoms in total. The molecular formula is C18H20N4O4. The fourth-order valence-corrected chi connectivity index (χ4v) is 2.47. The summed E-state index contributed by atoms with van der Waals surface area (Å²) in [6.07, 6.45) is 1.29. The van der Waals surface area contributed by atoms with Crippen LogP contribution in [0.3, 0.4) is 0 Å². The quantitative estimate of drug-likeness (QED) is 0.450. The molecule has 0 saturated heterocycles. The van der Waals surface area contributed by atoms with Crippen LogP contribution in [0.15, 0.2) is 47.6 Å². The number of nitrogens with zero attached hydrogens (tertiary/aromatic N) is 3. The first-order chi connectivity index (χ1) is 12.5. The Kier molecular flexibility index (Phi) is 6.26. The first kappa shape index (κ1) is 18.9. The van der Waals surface area contributed by atoms with Crippen molar-refractivity contribution < 1.29 is 14.8 Å². The van der Waals surface area contributed by atoms with E-state index in [1.54, 1.807) is 12.1 Å². The maximum absolute atomic E-state index is 12.1. The number of amides is 1. The van der Waals surface area contributed by atoms with Crippen molar-refractivity contribution in [3.8, 4) is 5.75 Å². The zero-order chi connectivity index (χ0) is 19.1. The smallest absolute Gasteiger partial charge is 0.282 e. The predicted molar refractivity (Wildman–Crippen MR) is 99.8 cm³/mol. The Bertz CT molecular complexity index is 832. The molecular weight excluding hydrogens is 336 g/mol. The van der Waals surface area contributed by atoms with Gasteiger partial charge in [0.1, 0.15) is 11.3 Å². The number of nitro benzene ring substituents is 1. The molecule has 0 aliphatic rings. The number of carbonyl (C=O) groups excluding carboxylic acids is 1. The maximum atomic E-state index is 12.1. The summed E-state index contributed by atoms with van der Waals surface area (Å²) in [5.41, 5.74) is 3.15. The average molecular weight is 356 g/mol. The molecule has 0 unspecified atom stereocenters. The van der Waals surface area contributed by atoms with E-state index < -0.39 is 10.8 Å². The van der Waals surface area contributed by atoms with Crippen LogP contribution in [0.2, 0.25) is 0 Å². The average Bonchev–Trinajstić information content (AvgIpc) is 2.64. The molecule has 0 aromatic heterocycles. The Morgan fingerprint density at radius 1 is 1.27 bits per heavy atom. The van der Waals surface area contributed by atoms with Crippen LogP contribution in [0.5, 0.6) is 5.75 Å². The molecule has 0 fully saturated rings. The minimum Gasteiger partial charge on any atom is -0.507 e. The lowest BCUT2D eigenvalue weighted by atomic mass is 10.1. The number of benzene rings is 2. The van der Waals surface area contributed by atoms with Gasteiger partial charge < -0.3 is 10.0 Å². The first-order valence-electron chi connectivity index (χ1n) is 8.12. The number of hydrogen-bond acceptors (Lipinski definition) is 6. The van der Waals surface area contributed by atoms with Crippen LogP contribution in [-0.2, 0) is 0 Å². The maximum Gasteiger partial charge on any atom is 0.282 e. The number of para-hydroxylation sites is 1. The molecule has 2 N–H and O–H groups in total. The van der Waals surface area contributed by atoms with Crippen molar-refractivity contribution in [3.63, 3.8) is 0 Å². The zero-order valence-electron chi connectivity index (χ0n) is 14.5. The van der Waals surface area contributed by atoms with Crippen molar-refractivity contribution in [2.24, 2.45) is 5.10 Å². The number of anilines is 1. The Hall–Kier alpha value is -3.42. The predicted octanol–water partition coefficient (Wildman–Crippen LogP) is 2.91. The number of hydrogen-bond donors (Lipinski definition) is 2. The second-order valence-electron chi connectivity index (χ2n) is 5.39. The van der Waals surface area contributed by atoms with Gasteiger partial charge in [-0.2, -0.15) is 5.10 Å². The molecule has 136 valence electrons. The van der Waals surface area contributed by atoms with Gasteiger partial charge in [-0.15, -0.1) is 0 Å². The number of phenolic OH excluding ortho intramolecular Hbond substituents is 1. The molecule has 0 atom stereocenters. The van der Waals surface area contributed by atoms with Gasteiger partial charge in [0.2, 0.25) is 0 Å². The highest BCUT2D eigenvalue weighted by atomic mass is 16.6. The third-order valence-corrected chi connectivity index (χ3v) is 3.86. The van der Waals surface area contributed by atoms with E-state index in [1.165, 1.54) is 30.5 Å². The Balaban J connectivity index is 2.11. The molecule has 0 aliphatic heterocycles. The SMILES string of the molecule is CCN(CC)c1ccc(/C=N\NC(=O)c2ccccc2[N+](=O)[O-])c(O)c1. The van der Waals surface area contributed by atoms with Gasteiger partial charge in [0.25, 0.3) is 11.6 Å². The number of carbonyl (C=O) groups is 1. The Labute approximate surface area is 150 Å². The number of hydrazone groups is 1. The Morgan fingerprint density at radius 3 is 2.58 bits per heavy atom. The highest BCUT2D eigenvalue weighted by Crippen LogP contribution is 2.23. The zero-order valence-corrected chi connectivity index (χ0v) is 14.5. The summed E-state index contributed by atoms with van der Waals surface area (Å²) in [4.78, 5) is 24.5. The summed E-state index contributed by atoms with van der Waals surface area (Å²) in [6.45, 7) is 5.67. The van der Waals surface area contributed by atoms with Gasteiger partial charge in [0.15, 0.2) is 0 Å². The number of nitro groups is 1. The van der Waals surface area contributed by atoms with Crippen LogP contribution in [0.4, 0.5) is 11.4 Å². The number of nitrogens with one attached hydrogen (secondary N) is 1. The molecule has 2 aromatic rings. The third-order valence-electron chi connectivity index (χ3n) is 3.86. The molecule has 2 aromatic carbocycles.